The fourth-order valence-corrected chi connectivity index (χ4v) is 2.02. The van der Waals surface area contributed by atoms with Crippen LogP contribution >= 0.6 is 0 Å². The number of hydrogen-bond donors (Lipinski definition) is 0. The molecule has 1 fully saturated rings. The molecule has 0 aromatic heterocycles. The summed E-state index contributed by atoms with van der Waals surface area (Å²) in [6.45, 7) is 2.15. The second-order valence-electron chi connectivity index (χ2n) is 4.56. The Morgan fingerprint density at radius 3 is 2.84 bits per heavy atom. The van der Waals surface area contributed by atoms with Crippen LogP contribution in [0.4, 0.5) is 8.78 Å². The van der Waals surface area contributed by atoms with Crippen molar-refractivity contribution in [3.8, 4) is 0 Å². The third kappa shape index (κ3) is 3.58. The summed E-state index contributed by atoms with van der Waals surface area (Å²) < 4.78 is 37.1. The molecule has 104 valence electrons. The molecule has 1 aliphatic rings. The van der Waals surface area contributed by atoms with Crippen molar-refractivity contribution < 1.29 is 23.0 Å². The Morgan fingerprint density at radius 1 is 1.42 bits per heavy atom. The van der Waals surface area contributed by atoms with Gasteiger partial charge in [0.05, 0.1) is 5.56 Å². The van der Waals surface area contributed by atoms with Gasteiger partial charge in [-0.15, -0.1) is 0 Å². The number of Topliss-reactive ketones (excluding diaryl/α,β-unsaturated/α-hetero) is 1. The number of carbonyl (C=O) groups excluding carboxylic acids is 1. The van der Waals surface area contributed by atoms with Crippen molar-refractivity contribution in [2.45, 2.75) is 38.6 Å². The zero-order valence-corrected chi connectivity index (χ0v) is 10.7. The summed E-state index contributed by atoms with van der Waals surface area (Å²) in [7, 11) is 0. The van der Waals surface area contributed by atoms with Crippen LogP contribution in [0.2, 0.25) is 0 Å². The smallest absolute Gasteiger partial charge is 0.194 e. The Labute approximate surface area is 110 Å². The first kappa shape index (κ1) is 14.1. The van der Waals surface area contributed by atoms with Crippen LogP contribution in [0.3, 0.4) is 0 Å². The monoisotopic (exact) mass is 270 g/mol. The molecule has 0 bridgehead atoms. The van der Waals surface area contributed by atoms with E-state index in [1.54, 1.807) is 6.92 Å². The number of ether oxygens (including phenoxy) is 2. The highest BCUT2D eigenvalue weighted by atomic mass is 19.1. The molecule has 0 amide bonds. The molecule has 1 unspecified atom stereocenters. The molecule has 5 heteroatoms. The molecule has 0 N–H and O–H groups in total. The highest BCUT2D eigenvalue weighted by Crippen LogP contribution is 2.18. The summed E-state index contributed by atoms with van der Waals surface area (Å²) in [5, 5.41) is 0. The van der Waals surface area contributed by atoms with Crippen LogP contribution in [0, 0.1) is 11.6 Å². The maximum Gasteiger partial charge on any atom is 0.194 e. The average Bonchev–Trinajstić information content (AvgIpc) is 2.39. The average molecular weight is 270 g/mol. The van der Waals surface area contributed by atoms with Crippen molar-refractivity contribution in [3.05, 3.63) is 35.4 Å². The maximum atomic E-state index is 13.5. The summed E-state index contributed by atoms with van der Waals surface area (Å²) in [4.78, 5) is 12.0. The summed E-state index contributed by atoms with van der Waals surface area (Å²) in [5.41, 5.74) is -0.162. The summed E-state index contributed by atoms with van der Waals surface area (Å²) in [5.74, 6) is -2.09. The van der Waals surface area contributed by atoms with Gasteiger partial charge >= 0.3 is 0 Å². The number of benzene rings is 1. The lowest BCUT2D eigenvalue weighted by Gasteiger charge is -2.25. The number of hydrogen-bond acceptors (Lipinski definition) is 3. The van der Waals surface area contributed by atoms with Crippen LogP contribution < -0.4 is 0 Å². The van der Waals surface area contributed by atoms with E-state index in [0.717, 1.165) is 31.4 Å². The minimum Gasteiger partial charge on any atom is -0.353 e. The quantitative estimate of drug-likeness (QED) is 0.789. The second-order valence-corrected chi connectivity index (χ2v) is 4.56. The van der Waals surface area contributed by atoms with Gasteiger partial charge in [-0.2, -0.15) is 0 Å². The summed E-state index contributed by atoms with van der Waals surface area (Å²) in [6, 6.07) is 2.88. The summed E-state index contributed by atoms with van der Waals surface area (Å²) >= 11 is 0. The van der Waals surface area contributed by atoms with Crippen LogP contribution in [0.1, 0.15) is 36.5 Å². The van der Waals surface area contributed by atoms with Gasteiger partial charge in [-0.3, -0.25) is 4.79 Å². The topological polar surface area (TPSA) is 35.5 Å². The lowest BCUT2D eigenvalue weighted by Crippen LogP contribution is -2.31. The first-order chi connectivity index (χ1) is 9.08. The largest absolute Gasteiger partial charge is 0.353 e. The van der Waals surface area contributed by atoms with E-state index in [9.17, 15) is 13.6 Å². The number of rotatable bonds is 4. The van der Waals surface area contributed by atoms with Crippen molar-refractivity contribution in [1.29, 1.82) is 0 Å². The lowest BCUT2D eigenvalue weighted by molar-refractivity contribution is -0.174. The molecule has 0 radical (unpaired) electrons. The van der Waals surface area contributed by atoms with E-state index in [1.165, 1.54) is 0 Å². The Bertz CT molecular complexity index is 456. The first-order valence-corrected chi connectivity index (χ1v) is 6.34. The molecule has 3 nitrogen and oxygen atoms in total. The molecular weight excluding hydrogens is 254 g/mol. The normalized spacial score (nSPS) is 21.1. The van der Waals surface area contributed by atoms with Crippen LogP contribution in [0.25, 0.3) is 0 Å². The standard InChI is InChI=1S/C14H16F2O3/c1-9(19-13-4-2-3-7-18-13)14(17)11-6-5-10(15)8-12(11)16/h5-6,8-9,13H,2-4,7H2,1H3/t9?,13-/m1/s1. The fourth-order valence-electron chi connectivity index (χ4n) is 2.02. The molecule has 1 heterocycles. The third-order valence-electron chi connectivity index (χ3n) is 3.06. The third-order valence-corrected chi connectivity index (χ3v) is 3.06. The molecular formula is C14H16F2O3. The van der Waals surface area contributed by atoms with Crippen molar-refractivity contribution >= 4 is 5.78 Å². The molecule has 1 aromatic rings. The number of ketones is 1. The number of carbonyl (C=O) groups is 1. The minimum atomic E-state index is -0.870. The Morgan fingerprint density at radius 2 is 2.21 bits per heavy atom. The lowest BCUT2D eigenvalue weighted by atomic mass is 10.1. The number of halogens is 2. The van der Waals surface area contributed by atoms with Gasteiger partial charge in [0.2, 0.25) is 0 Å². The van der Waals surface area contributed by atoms with Crippen LogP contribution in [-0.2, 0) is 9.47 Å². The van der Waals surface area contributed by atoms with E-state index in [-0.39, 0.29) is 5.56 Å². The highest BCUT2D eigenvalue weighted by Gasteiger charge is 2.24. The second kappa shape index (κ2) is 6.21. The Hall–Kier alpha value is -1.33. The van der Waals surface area contributed by atoms with Crippen molar-refractivity contribution in [1.82, 2.24) is 0 Å². The van der Waals surface area contributed by atoms with Crippen molar-refractivity contribution in [2.75, 3.05) is 6.61 Å². The van der Waals surface area contributed by atoms with E-state index in [2.05, 4.69) is 0 Å². The summed E-state index contributed by atoms with van der Waals surface area (Å²) in [6.07, 6.45) is 1.45. The van der Waals surface area contributed by atoms with Gasteiger partial charge in [-0.1, -0.05) is 0 Å². The van der Waals surface area contributed by atoms with Gasteiger partial charge in [0.1, 0.15) is 17.7 Å². The van der Waals surface area contributed by atoms with Gasteiger partial charge < -0.3 is 9.47 Å². The predicted octanol–water partition coefficient (Wildman–Crippen LogP) is 3.08. The van der Waals surface area contributed by atoms with Crippen LogP contribution in [0.5, 0.6) is 0 Å². The fraction of sp³-hybridized carbons (Fsp3) is 0.500. The van der Waals surface area contributed by atoms with Gasteiger partial charge in [0.25, 0.3) is 0 Å². The highest BCUT2D eigenvalue weighted by molar-refractivity contribution is 5.99. The van der Waals surface area contributed by atoms with Crippen molar-refractivity contribution in [2.24, 2.45) is 0 Å². The molecule has 2 atom stereocenters. The molecule has 1 saturated heterocycles. The zero-order chi connectivity index (χ0) is 13.8. The van der Waals surface area contributed by atoms with E-state index in [4.69, 9.17) is 9.47 Å². The van der Waals surface area contributed by atoms with E-state index >= 15 is 0 Å². The molecule has 1 aliphatic heterocycles. The molecule has 0 spiro atoms. The Balaban J connectivity index is 2.01. The van der Waals surface area contributed by atoms with Gasteiger partial charge in [-0.25, -0.2) is 8.78 Å². The molecule has 0 aliphatic carbocycles. The molecule has 19 heavy (non-hydrogen) atoms. The maximum absolute atomic E-state index is 13.5. The first-order valence-electron chi connectivity index (χ1n) is 6.34. The molecule has 0 saturated carbocycles. The SMILES string of the molecule is CC(O[C@@H]1CCCCO1)C(=O)c1ccc(F)cc1F. The molecule has 1 aromatic carbocycles. The van der Waals surface area contributed by atoms with E-state index in [1.807, 2.05) is 0 Å². The predicted molar refractivity (Wildman–Crippen MR) is 64.8 cm³/mol. The van der Waals surface area contributed by atoms with Gasteiger partial charge in [0, 0.05) is 12.7 Å². The molecule has 2 rings (SSSR count). The van der Waals surface area contributed by atoms with Gasteiger partial charge in [-0.05, 0) is 38.3 Å². The van der Waals surface area contributed by atoms with Gasteiger partial charge in [0.15, 0.2) is 12.1 Å². The van der Waals surface area contributed by atoms with Crippen LogP contribution in [0.15, 0.2) is 18.2 Å². The van der Waals surface area contributed by atoms with Crippen LogP contribution in [-0.4, -0.2) is 24.8 Å². The zero-order valence-electron chi connectivity index (χ0n) is 10.7. The van der Waals surface area contributed by atoms with E-state index < -0.39 is 29.8 Å². The van der Waals surface area contributed by atoms with E-state index in [0.29, 0.717) is 12.7 Å². The Kier molecular flexibility index (Phi) is 4.61. The van der Waals surface area contributed by atoms with Crippen molar-refractivity contribution in [3.63, 3.8) is 0 Å². The minimum absolute atomic E-state index is 0.162.